The number of nitrogens with two attached hydrogens (primary N) is 1. The Bertz CT molecular complexity index is 711. The van der Waals surface area contributed by atoms with Gasteiger partial charge in [-0.2, -0.15) is 5.26 Å². The van der Waals surface area contributed by atoms with Crippen LogP contribution in [0.2, 0.25) is 0 Å². The molecule has 1 saturated heterocycles. The second-order valence-corrected chi connectivity index (χ2v) is 8.12. The van der Waals surface area contributed by atoms with Crippen LogP contribution in [-0.4, -0.2) is 26.8 Å². The predicted molar refractivity (Wildman–Crippen MR) is 84.6 cm³/mol. The third-order valence-electron chi connectivity index (χ3n) is 4.78. The van der Waals surface area contributed by atoms with E-state index in [0.717, 1.165) is 12.0 Å². The summed E-state index contributed by atoms with van der Waals surface area (Å²) in [5, 5.41) is 9.25. The van der Waals surface area contributed by atoms with Crippen molar-refractivity contribution in [3.8, 4) is 6.07 Å². The topological polar surface area (TPSA) is 105 Å². The maximum absolute atomic E-state index is 12.5. The molecule has 0 spiro atoms. The minimum atomic E-state index is -3.55. The van der Waals surface area contributed by atoms with Gasteiger partial charge in [-0.05, 0) is 38.3 Å². The molecule has 23 heavy (non-hydrogen) atoms. The summed E-state index contributed by atoms with van der Waals surface area (Å²) in [6.45, 7) is 1.91. The zero-order chi connectivity index (χ0) is 16.6. The second-order valence-electron chi connectivity index (χ2n) is 6.40. The Labute approximate surface area is 136 Å². The lowest BCUT2D eigenvalue weighted by atomic mass is 9.78. The van der Waals surface area contributed by atoms with E-state index in [9.17, 15) is 13.7 Å². The monoisotopic (exact) mass is 335 g/mol. The molecule has 5 atom stereocenters. The fraction of sp³-hybridized carbons (Fsp3) is 0.562. The molecule has 0 radical (unpaired) electrons. The summed E-state index contributed by atoms with van der Waals surface area (Å²) in [6.07, 6.45) is 1.40. The third-order valence-corrected chi connectivity index (χ3v) is 6.32. The van der Waals surface area contributed by atoms with Crippen molar-refractivity contribution in [2.45, 2.75) is 49.5 Å². The number of nitriles is 1. The largest absolute Gasteiger partial charge is 0.359 e. The first kappa shape index (κ1) is 16.4. The first-order valence-electron chi connectivity index (χ1n) is 7.80. The van der Waals surface area contributed by atoms with Crippen molar-refractivity contribution < 1.29 is 13.2 Å². The Hall–Kier alpha value is -1.46. The summed E-state index contributed by atoms with van der Waals surface area (Å²) in [7, 11) is -3.55. The van der Waals surface area contributed by atoms with Crippen molar-refractivity contribution >= 4 is 10.0 Å². The fourth-order valence-corrected chi connectivity index (χ4v) is 4.82. The fourth-order valence-electron chi connectivity index (χ4n) is 3.54. The molecule has 1 aromatic rings. The van der Waals surface area contributed by atoms with E-state index in [-0.39, 0.29) is 28.9 Å². The summed E-state index contributed by atoms with van der Waals surface area (Å²) < 4.78 is 33.4. The smallest absolute Gasteiger partial charge is 0.240 e. The maximum Gasteiger partial charge on any atom is 0.240 e. The molecule has 2 fully saturated rings. The SMILES string of the molecule is Cc1ccc(S(=O)(=O)N[C@@H]2CC[C@@H]3O[C@@H](N)[C@@H](C#N)[C@@H]3C2)cc1. The number of hydrogen-bond acceptors (Lipinski definition) is 5. The van der Waals surface area contributed by atoms with Crippen molar-refractivity contribution in [2.75, 3.05) is 0 Å². The van der Waals surface area contributed by atoms with E-state index < -0.39 is 16.3 Å². The molecule has 6 nitrogen and oxygen atoms in total. The van der Waals surface area contributed by atoms with Crippen LogP contribution in [0.15, 0.2) is 29.2 Å². The Morgan fingerprint density at radius 3 is 2.65 bits per heavy atom. The molecule has 1 aromatic carbocycles. The molecule has 1 heterocycles. The van der Waals surface area contributed by atoms with E-state index in [4.69, 9.17) is 10.5 Å². The Kier molecular flexibility index (Phi) is 4.43. The van der Waals surface area contributed by atoms with Crippen LogP contribution < -0.4 is 10.5 Å². The van der Waals surface area contributed by atoms with Crippen LogP contribution in [0.4, 0.5) is 0 Å². The lowest BCUT2D eigenvalue weighted by molar-refractivity contribution is 0.0171. The standard InChI is InChI=1S/C16H21N3O3S/c1-10-2-5-12(6-3-10)23(20,21)19-11-4-7-15-13(8-11)14(9-17)16(18)22-15/h2-3,5-6,11,13-16,19H,4,7-8,18H2,1H3/t11-,13+,14+,15+,16-/m1/s1. The van der Waals surface area contributed by atoms with Gasteiger partial charge in [0, 0.05) is 12.0 Å². The molecule has 7 heteroatoms. The number of fused-ring (bicyclic) bond motifs is 1. The molecular weight excluding hydrogens is 314 g/mol. The number of nitrogens with one attached hydrogen (secondary N) is 1. The van der Waals surface area contributed by atoms with Gasteiger partial charge in [0.15, 0.2) is 0 Å². The maximum atomic E-state index is 12.5. The van der Waals surface area contributed by atoms with Crippen LogP contribution in [0.1, 0.15) is 24.8 Å². The molecule has 0 bridgehead atoms. The van der Waals surface area contributed by atoms with Gasteiger partial charge in [0.25, 0.3) is 0 Å². The van der Waals surface area contributed by atoms with Crippen molar-refractivity contribution in [1.82, 2.24) is 4.72 Å². The molecule has 0 unspecified atom stereocenters. The van der Waals surface area contributed by atoms with Crippen LogP contribution in [0.5, 0.6) is 0 Å². The Morgan fingerprint density at radius 1 is 1.30 bits per heavy atom. The number of benzene rings is 1. The molecule has 0 aromatic heterocycles. The van der Waals surface area contributed by atoms with E-state index >= 15 is 0 Å². The highest BCUT2D eigenvalue weighted by Crippen LogP contribution is 2.40. The lowest BCUT2D eigenvalue weighted by Gasteiger charge is -2.31. The summed E-state index contributed by atoms with van der Waals surface area (Å²) in [4.78, 5) is 0.265. The Morgan fingerprint density at radius 2 is 2.00 bits per heavy atom. The molecule has 3 N–H and O–H groups in total. The minimum Gasteiger partial charge on any atom is -0.359 e. The molecule has 124 valence electrons. The highest BCUT2D eigenvalue weighted by molar-refractivity contribution is 7.89. The van der Waals surface area contributed by atoms with Gasteiger partial charge < -0.3 is 10.5 Å². The zero-order valence-corrected chi connectivity index (χ0v) is 13.8. The van der Waals surface area contributed by atoms with E-state index in [1.54, 1.807) is 24.3 Å². The summed E-state index contributed by atoms with van der Waals surface area (Å²) in [5.41, 5.74) is 6.86. The van der Waals surface area contributed by atoms with Crippen molar-refractivity contribution in [2.24, 2.45) is 17.6 Å². The Balaban J connectivity index is 1.71. The molecule has 1 aliphatic carbocycles. The van der Waals surface area contributed by atoms with Gasteiger partial charge >= 0.3 is 0 Å². The van der Waals surface area contributed by atoms with Crippen LogP contribution in [-0.2, 0) is 14.8 Å². The number of nitrogens with zero attached hydrogens (tertiary/aromatic N) is 1. The van der Waals surface area contributed by atoms with E-state index in [0.29, 0.717) is 12.8 Å². The number of aryl methyl sites for hydroxylation is 1. The number of sulfonamides is 1. The van der Waals surface area contributed by atoms with Gasteiger partial charge in [-0.3, -0.25) is 0 Å². The highest BCUT2D eigenvalue weighted by atomic mass is 32.2. The average molecular weight is 335 g/mol. The molecule has 2 aliphatic rings. The third kappa shape index (κ3) is 3.26. The van der Waals surface area contributed by atoms with E-state index in [2.05, 4.69) is 10.8 Å². The first-order chi connectivity index (χ1) is 10.9. The molecule has 0 amide bonds. The van der Waals surface area contributed by atoms with E-state index in [1.165, 1.54) is 0 Å². The van der Waals surface area contributed by atoms with E-state index in [1.807, 2.05) is 6.92 Å². The lowest BCUT2D eigenvalue weighted by Crippen LogP contribution is -2.42. The van der Waals surface area contributed by atoms with Gasteiger partial charge in [-0.25, -0.2) is 13.1 Å². The summed E-state index contributed by atoms with van der Waals surface area (Å²) in [5.74, 6) is -0.374. The van der Waals surface area contributed by atoms with Crippen LogP contribution in [0, 0.1) is 30.1 Å². The van der Waals surface area contributed by atoms with Crippen LogP contribution in [0.3, 0.4) is 0 Å². The highest BCUT2D eigenvalue weighted by Gasteiger charge is 2.46. The average Bonchev–Trinajstić information content (AvgIpc) is 2.82. The first-order valence-corrected chi connectivity index (χ1v) is 9.28. The molecule has 1 aliphatic heterocycles. The van der Waals surface area contributed by atoms with Gasteiger partial charge in [0.2, 0.25) is 10.0 Å². The minimum absolute atomic E-state index is 0.00512. The van der Waals surface area contributed by atoms with Gasteiger partial charge in [0.05, 0.1) is 23.0 Å². The van der Waals surface area contributed by atoms with Crippen molar-refractivity contribution in [3.05, 3.63) is 29.8 Å². The van der Waals surface area contributed by atoms with Gasteiger partial charge in [-0.1, -0.05) is 17.7 Å². The second kappa shape index (κ2) is 6.21. The molecule has 1 saturated carbocycles. The summed E-state index contributed by atoms with van der Waals surface area (Å²) in [6, 6.07) is 8.79. The van der Waals surface area contributed by atoms with Crippen LogP contribution >= 0.6 is 0 Å². The van der Waals surface area contributed by atoms with Gasteiger partial charge in [0.1, 0.15) is 6.23 Å². The molecular formula is C16H21N3O3S. The number of ether oxygens (including phenoxy) is 1. The normalized spacial score (nSPS) is 33.9. The quantitative estimate of drug-likeness (QED) is 0.865. The van der Waals surface area contributed by atoms with Gasteiger partial charge in [-0.15, -0.1) is 0 Å². The number of rotatable bonds is 3. The predicted octanol–water partition coefficient (Wildman–Crippen LogP) is 1.27. The van der Waals surface area contributed by atoms with Crippen LogP contribution in [0.25, 0.3) is 0 Å². The van der Waals surface area contributed by atoms with Crippen molar-refractivity contribution in [1.29, 1.82) is 5.26 Å². The number of hydrogen-bond donors (Lipinski definition) is 2. The van der Waals surface area contributed by atoms with Crippen molar-refractivity contribution in [3.63, 3.8) is 0 Å². The zero-order valence-electron chi connectivity index (χ0n) is 13.0. The molecule has 3 rings (SSSR count). The summed E-state index contributed by atoms with van der Waals surface area (Å²) >= 11 is 0.